The van der Waals surface area contributed by atoms with E-state index in [4.69, 9.17) is 0 Å². The lowest BCUT2D eigenvalue weighted by atomic mass is 9.93. The van der Waals surface area contributed by atoms with E-state index in [-0.39, 0.29) is 5.91 Å². The average molecular weight is 507 g/mol. The number of carbonyl (C=O) groups excluding carboxylic acids is 1. The van der Waals surface area contributed by atoms with E-state index < -0.39 is 11.7 Å². The summed E-state index contributed by atoms with van der Waals surface area (Å²) in [6, 6.07) is 18.7. The monoisotopic (exact) mass is 506 g/mol. The largest absolute Gasteiger partial charge is 0.416 e. The Kier molecular flexibility index (Phi) is 6.69. The Morgan fingerprint density at radius 1 is 1.00 bits per heavy atom. The predicted octanol–water partition coefficient (Wildman–Crippen LogP) is 7.25. The number of halogens is 3. The van der Waals surface area contributed by atoms with Gasteiger partial charge in [-0.2, -0.15) is 24.5 Å². The van der Waals surface area contributed by atoms with E-state index in [9.17, 15) is 18.0 Å². The Labute approximate surface area is 212 Å². The van der Waals surface area contributed by atoms with Gasteiger partial charge in [-0.1, -0.05) is 30.3 Å². The molecular weight excluding hydrogens is 481 g/mol. The first-order valence-electron chi connectivity index (χ1n) is 11.7. The van der Waals surface area contributed by atoms with Crippen molar-refractivity contribution in [3.63, 3.8) is 0 Å². The molecule has 0 fully saturated rings. The molecule has 1 amide bonds. The number of hydrogen-bond acceptors (Lipinski definition) is 3. The third-order valence-electron chi connectivity index (χ3n) is 6.59. The number of anilines is 1. The van der Waals surface area contributed by atoms with E-state index in [1.54, 1.807) is 23.5 Å². The molecule has 0 saturated carbocycles. The van der Waals surface area contributed by atoms with Crippen LogP contribution in [0, 0.1) is 6.92 Å². The highest BCUT2D eigenvalue weighted by atomic mass is 32.1. The molecule has 184 valence electrons. The van der Waals surface area contributed by atoms with E-state index in [2.05, 4.69) is 33.5 Å². The minimum Gasteiger partial charge on any atom is -0.322 e. The van der Waals surface area contributed by atoms with E-state index >= 15 is 0 Å². The maximum Gasteiger partial charge on any atom is 0.416 e. The summed E-state index contributed by atoms with van der Waals surface area (Å²) in [4.78, 5) is 13.3. The van der Waals surface area contributed by atoms with Gasteiger partial charge in [0.05, 0.1) is 5.56 Å². The van der Waals surface area contributed by atoms with E-state index in [1.807, 2.05) is 25.1 Å². The molecule has 0 aliphatic heterocycles. The van der Waals surface area contributed by atoms with Gasteiger partial charge in [0.15, 0.2) is 0 Å². The quantitative estimate of drug-likeness (QED) is 0.289. The fourth-order valence-corrected chi connectivity index (χ4v) is 5.43. The van der Waals surface area contributed by atoms with Crippen LogP contribution >= 0.6 is 11.3 Å². The molecule has 1 aromatic heterocycles. The SMILES string of the molecule is Cc1cccc(C(=O)Nc2ccc3c(c2)CC(NCc2ccsc2)C3)c1-c1ccc(C(F)(F)F)cc1. The Morgan fingerprint density at radius 3 is 2.50 bits per heavy atom. The maximum atomic E-state index is 13.3. The van der Waals surface area contributed by atoms with Gasteiger partial charge in [-0.15, -0.1) is 0 Å². The van der Waals surface area contributed by atoms with Crippen molar-refractivity contribution in [3.8, 4) is 11.1 Å². The molecule has 0 spiro atoms. The summed E-state index contributed by atoms with van der Waals surface area (Å²) in [7, 11) is 0. The third kappa shape index (κ3) is 5.22. The van der Waals surface area contributed by atoms with Gasteiger partial charge in [-0.25, -0.2) is 0 Å². The van der Waals surface area contributed by atoms with Crippen LogP contribution in [0.15, 0.2) is 77.5 Å². The molecule has 1 aliphatic carbocycles. The van der Waals surface area contributed by atoms with Crippen LogP contribution in [-0.4, -0.2) is 11.9 Å². The Hall–Kier alpha value is -3.42. The van der Waals surface area contributed by atoms with Crippen molar-refractivity contribution in [3.05, 3.63) is 111 Å². The van der Waals surface area contributed by atoms with Crippen LogP contribution in [0.5, 0.6) is 0 Å². The first-order valence-corrected chi connectivity index (χ1v) is 12.7. The molecule has 4 aromatic rings. The second-order valence-corrected chi connectivity index (χ2v) is 9.91. The smallest absolute Gasteiger partial charge is 0.322 e. The van der Waals surface area contributed by atoms with Crippen molar-refractivity contribution in [2.45, 2.75) is 38.5 Å². The Morgan fingerprint density at radius 2 is 1.78 bits per heavy atom. The zero-order chi connectivity index (χ0) is 25.3. The highest BCUT2D eigenvalue weighted by Crippen LogP contribution is 2.34. The first kappa shape index (κ1) is 24.3. The Bertz CT molecular complexity index is 1380. The number of aryl methyl sites for hydroxylation is 1. The van der Waals surface area contributed by atoms with Crippen LogP contribution in [0.3, 0.4) is 0 Å². The predicted molar refractivity (Wildman–Crippen MR) is 138 cm³/mol. The third-order valence-corrected chi connectivity index (χ3v) is 7.32. The van der Waals surface area contributed by atoms with Gasteiger partial charge in [0.2, 0.25) is 0 Å². The molecule has 5 rings (SSSR count). The van der Waals surface area contributed by atoms with Crippen molar-refractivity contribution in [1.29, 1.82) is 0 Å². The lowest BCUT2D eigenvalue weighted by Crippen LogP contribution is -2.28. The van der Waals surface area contributed by atoms with E-state index in [0.29, 0.717) is 28.4 Å². The molecule has 2 N–H and O–H groups in total. The summed E-state index contributed by atoms with van der Waals surface area (Å²) in [5.41, 5.74) is 6.19. The first-order chi connectivity index (χ1) is 17.3. The maximum absolute atomic E-state index is 13.3. The van der Waals surface area contributed by atoms with Crippen molar-refractivity contribution in [2.75, 3.05) is 5.32 Å². The molecule has 0 radical (unpaired) electrons. The second-order valence-electron chi connectivity index (χ2n) is 9.13. The van der Waals surface area contributed by atoms with E-state index in [0.717, 1.165) is 37.1 Å². The van der Waals surface area contributed by atoms with Crippen LogP contribution in [0.1, 0.15) is 38.2 Å². The standard InChI is InChI=1S/C29H25F3N2OS/c1-18-3-2-4-26(27(18)20-5-8-23(9-6-20)29(30,31)32)28(35)34-24-10-7-21-13-25(15-22(21)14-24)33-16-19-11-12-36-17-19/h2-12,14,17,25,33H,13,15-16H2,1H3,(H,34,35). The number of amides is 1. The molecule has 36 heavy (non-hydrogen) atoms. The molecule has 3 aromatic carbocycles. The van der Waals surface area contributed by atoms with Crippen molar-refractivity contribution in [1.82, 2.24) is 5.32 Å². The summed E-state index contributed by atoms with van der Waals surface area (Å²) >= 11 is 1.69. The molecule has 3 nitrogen and oxygen atoms in total. The van der Waals surface area contributed by atoms with Crippen LogP contribution in [0.25, 0.3) is 11.1 Å². The number of nitrogens with one attached hydrogen (secondary N) is 2. The summed E-state index contributed by atoms with van der Waals surface area (Å²) in [6.07, 6.45) is -2.56. The molecule has 1 heterocycles. The van der Waals surface area contributed by atoms with Gasteiger partial charge in [0.1, 0.15) is 0 Å². The number of carbonyl (C=O) groups is 1. The van der Waals surface area contributed by atoms with Crippen molar-refractivity contribution < 1.29 is 18.0 Å². The molecule has 1 atom stereocenters. The number of thiophene rings is 1. The summed E-state index contributed by atoms with van der Waals surface area (Å²) < 4.78 is 39.0. The lowest BCUT2D eigenvalue weighted by Gasteiger charge is -2.15. The Balaban J connectivity index is 1.32. The highest BCUT2D eigenvalue weighted by Gasteiger charge is 2.30. The summed E-state index contributed by atoms with van der Waals surface area (Å²) in [6.45, 7) is 2.69. The van der Waals surface area contributed by atoms with Crippen LogP contribution in [0.4, 0.5) is 18.9 Å². The summed E-state index contributed by atoms with van der Waals surface area (Å²) in [5.74, 6) is -0.293. The number of fused-ring (bicyclic) bond motifs is 1. The fourth-order valence-electron chi connectivity index (χ4n) is 4.76. The molecule has 0 saturated heterocycles. The van der Waals surface area contributed by atoms with Crippen LogP contribution in [-0.2, 0) is 25.6 Å². The van der Waals surface area contributed by atoms with Gasteiger partial charge >= 0.3 is 6.18 Å². The van der Waals surface area contributed by atoms with Crippen molar-refractivity contribution in [2.24, 2.45) is 0 Å². The van der Waals surface area contributed by atoms with Crippen molar-refractivity contribution >= 4 is 22.9 Å². The molecule has 1 unspecified atom stereocenters. The lowest BCUT2D eigenvalue weighted by molar-refractivity contribution is -0.137. The molecule has 0 bridgehead atoms. The number of benzene rings is 3. The minimum absolute atomic E-state index is 0.293. The van der Waals surface area contributed by atoms with Gasteiger partial charge in [-0.3, -0.25) is 4.79 Å². The number of hydrogen-bond donors (Lipinski definition) is 2. The average Bonchev–Trinajstić information content (AvgIpc) is 3.51. The van der Waals surface area contributed by atoms with Gasteiger partial charge < -0.3 is 10.6 Å². The molecular formula is C29H25F3N2OS. The molecule has 1 aliphatic rings. The van der Waals surface area contributed by atoms with Gasteiger partial charge in [0.25, 0.3) is 5.91 Å². The zero-order valence-corrected chi connectivity index (χ0v) is 20.5. The zero-order valence-electron chi connectivity index (χ0n) is 19.7. The fraction of sp³-hybridized carbons (Fsp3) is 0.207. The van der Waals surface area contributed by atoms with Crippen LogP contribution in [0.2, 0.25) is 0 Å². The van der Waals surface area contributed by atoms with Gasteiger partial charge in [-0.05, 0) is 100 Å². The highest BCUT2D eigenvalue weighted by molar-refractivity contribution is 7.07. The molecule has 7 heteroatoms. The summed E-state index contributed by atoms with van der Waals surface area (Å²) in [5, 5.41) is 10.8. The second kappa shape index (κ2) is 9.91. The van der Waals surface area contributed by atoms with E-state index in [1.165, 1.54) is 28.8 Å². The van der Waals surface area contributed by atoms with Gasteiger partial charge in [0, 0.05) is 23.8 Å². The normalized spacial score (nSPS) is 15.1. The topological polar surface area (TPSA) is 41.1 Å². The number of rotatable bonds is 6. The number of alkyl halides is 3. The minimum atomic E-state index is -4.41. The van der Waals surface area contributed by atoms with Crippen LogP contribution < -0.4 is 10.6 Å².